The van der Waals surface area contributed by atoms with Crippen LogP contribution in [-0.4, -0.2) is 17.9 Å². The first-order chi connectivity index (χ1) is 7.83. The molecule has 0 heterocycles. The first kappa shape index (κ1) is 16.9. The van der Waals surface area contributed by atoms with E-state index in [1.54, 1.807) is 6.92 Å². The summed E-state index contributed by atoms with van der Waals surface area (Å²) in [5.74, 6) is 0.0254. The molecule has 0 aliphatic rings. The van der Waals surface area contributed by atoms with Gasteiger partial charge in [-0.2, -0.15) is 13.2 Å². The second-order valence-corrected chi connectivity index (χ2v) is 3.59. The summed E-state index contributed by atoms with van der Waals surface area (Å²) < 4.78 is 41.5. The lowest BCUT2D eigenvalue weighted by Crippen LogP contribution is -2.20. The zero-order valence-corrected chi connectivity index (χ0v) is 10.5. The molecule has 104 valence electrons. The van der Waals surface area contributed by atoms with Crippen LogP contribution in [0.4, 0.5) is 13.2 Å². The van der Waals surface area contributed by atoms with E-state index < -0.39 is 18.6 Å². The molecule has 0 saturated carbocycles. The van der Waals surface area contributed by atoms with Gasteiger partial charge < -0.3 is 15.6 Å². The van der Waals surface area contributed by atoms with E-state index in [1.165, 1.54) is 18.2 Å². The van der Waals surface area contributed by atoms with Gasteiger partial charge in [0.2, 0.25) is 0 Å². The lowest BCUT2D eigenvalue weighted by molar-refractivity contribution is -0.138. The number of hydrogen-bond acceptors (Lipinski definition) is 3. The van der Waals surface area contributed by atoms with Gasteiger partial charge in [-0.3, -0.25) is 0 Å². The van der Waals surface area contributed by atoms with Gasteiger partial charge in [0, 0.05) is 6.04 Å². The molecule has 0 aliphatic carbocycles. The molecule has 0 saturated heterocycles. The molecule has 0 spiro atoms. The van der Waals surface area contributed by atoms with E-state index in [9.17, 15) is 18.3 Å². The van der Waals surface area contributed by atoms with E-state index >= 15 is 0 Å². The Morgan fingerprint density at radius 1 is 1.39 bits per heavy atom. The molecule has 3 N–H and O–H groups in total. The predicted octanol–water partition coefficient (Wildman–Crippen LogP) is 3.16. The fourth-order valence-electron chi connectivity index (χ4n) is 1.40. The van der Waals surface area contributed by atoms with Crippen LogP contribution in [0.5, 0.6) is 11.5 Å². The van der Waals surface area contributed by atoms with Crippen molar-refractivity contribution >= 4 is 12.4 Å². The number of phenolic OH excluding ortho intramolecular Hbond substituents is 1. The third-order valence-corrected chi connectivity index (χ3v) is 2.16. The minimum Gasteiger partial charge on any atom is -0.504 e. The van der Waals surface area contributed by atoms with Crippen molar-refractivity contribution < 1.29 is 23.0 Å². The normalized spacial score (nSPS) is 12.7. The molecular weight excluding hydrogens is 271 g/mol. The van der Waals surface area contributed by atoms with Crippen LogP contribution in [0, 0.1) is 0 Å². The van der Waals surface area contributed by atoms with Crippen molar-refractivity contribution in [3.63, 3.8) is 0 Å². The first-order valence-electron chi connectivity index (χ1n) is 5.11. The molecule has 0 aliphatic heterocycles. The van der Waals surface area contributed by atoms with Crippen molar-refractivity contribution in [1.29, 1.82) is 0 Å². The highest BCUT2D eigenvalue weighted by Gasteiger charge is 2.31. The van der Waals surface area contributed by atoms with Crippen LogP contribution >= 0.6 is 12.4 Å². The molecule has 18 heavy (non-hydrogen) atoms. The molecule has 1 rings (SSSR count). The molecule has 1 atom stereocenters. The first-order valence-corrected chi connectivity index (χ1v) is 5.11. The topological polar surface area (TPSA) is 55.5 Å². The van der Waals surface area contributed by atoms with Crippen molar-refractivity contribution in [2.75, 3.05) is 6.61 Å². The van der Waals surface area contributed by atoms with E-state index in [0.29, 0.717) is 6.61 Å². The van der Waals surface area contributed by atoms with Gasteiger partial charge in [-0.15, -0.1) is 12.4 Å². The summed E-state index contributed by atoms with van der Waals surface area (Å²) >= 11 is 0. The predicted molar refractivity (Wildman–Crippen MR) is 64.1 cm³/mol. The molecule has 0 aromatic heterocycles. The van der Waals surface area contributed by atoms with Crippen molar-refractivity contribution in [2.45, 2.75) is 25.6 Å². The lowest BCUT2D eigenvalue weighted by Gasteiger charge is -2.16. The molecule has 0 unspecified atom stereocenters. The lowest BCUT2D eigenvalue weighted by atomic mass is 10.0. The molecule has 0 fully saturated rings. The summed E-state index contributed by atoms with van der Waals surface area (Å²) in [6.07, 6.45) is -5.42. The van der Waals surface area contributed by atoms with Crippen LogP contribution in [-0.2, 0) is 0 Å². The van der Waals surface area contributed by atoms with Gasteiger partial charge in [0.05, 0.1) is 13.0 Å². The summed E-state index contributed by atoms with van der Waals surface area (Å²) in [5, 5.41) is 9.39. The maximum Gasteiger partial charge on any atom is 0.390 e. The summed E-state index contributed by atoms with van der Waals surface area (Å²) in [4.78, 5) is 0. The van der Waals surface area contributed by atoms with Gasteiger partial charge in [-0.05, 0) is 24.6 Å². The molecule has 3 nitrogen and oxygen atoms in total. The van der Waals surface area contributed by atoms with Crippen LogP contribution in [0.25, 0.3) is 0 Å². The molecule has 0 bridgehead atoms. The Bertz CT molecular complexity index is 385. The van der Waals surface area contributed by atoms with E-state index in [1.807, 2.05) is 0 Å². The van der Waals surface area contributed by atoms with E-state index in [0.717, 1.165) is 0 Å². The highest BCUT2D eigenvalue weighted by molar-refractivity contribution is 5.85. The van der Waals surface area contributed by atoms with Crippen molar-refractivity contribution in [1.82, 2.24) is 0 Å². The standard InChI is InChI=1S/C11H14F3NO2.ClH/c1-2-17-10-5-7(3-4-9(10)16)8(15)6-11(12,13)14;/h3-5,8,16H,2,6,15H2,1H3;1H/t8-;/m1./s1. The number of benzene rings is 1. The quantitative estimate of drug-likeness (QED) is 0.893. The molecular formula is C11H15ClF3NO2. The highest BCUT2D eigenvalue weighted by atomic mass is 35.5. The van der Waals surface area contributed by atoms with Crippen LogP contribution < -0.4 is 10.5 Å². The van der Waals surface area contributed by atoms with E-state index in [2.05, 4.69) is 0 Å². The van der Waals surface area contributed by atoms with Crippen molar-refractivity contribution in [2.24, 2.45) is 5.73 Å². The maximum absolute atomic E-state index is 12.2. The number of phenols is 1. The van der Waals surface area contributed by atoms with E-state index in [4.69, 9.17) is 10.5 Å². The number of halogens is 4. The average Bonchev–Trinajstić information content (AvgIpc) is 2.19. The monoisotopic (exact) mass is 285 g/mol. The van der Waals surface area contributed by atoms with Crippen LogP contribution in [0.2, 0.25) is 0 Å². The fourth-order valence-corrected chi connectivity index (χ4v) is 1.40. The van der Waals surface area contributed by atoms with Crippen LogP contribution in [0.3, 0.4) is 0 Å². The van der Waals surface area contributed by atoms with Gasteiger partial charge in [-0.1, -0.05) is 6.07 Å². The Labute approximate surface area is 109 Å². The highest BCUT2D eigenvalue weighted by Crippen LogP contribution is 2.33. The third kappa shape index (κ3) is 5.01. The molecule has 0 radical (unpaired) electrons. The second kappa shape index (κ2) is 6.70. The zero-order chi connectivity index (χ0) is 13.1. The van der Waals surface area contributed by atoms with Gasteiger partial charge >= 0.3 is 6.18 Å². The third-order valence-electron chi connectivity index (χ3n) is 2.16. The number of ether oxygens (including phenoxy) is 1. The number of aromatic hydroxyl groups is 1. The Kier molecular flexibility index (Phi) is 6.28. The van der Waals surface area contributed by atoms with Gasteiger partial charge in [0.15, 0.2) is 11.5 Å². The summed E-state index contributed by atoms with van der Waals surface area (Å²) in [6.45, 7) is 2.02. The smallest absolute Gasteiger partial charge is 0.390 e. The Hall–Kier alpha value is -1.14. The fraction of sp³-hybridized carbons (Fsp3) is 0.455. The molecule has 1 aromatic carbocycles. The number of rotatable bonds is 4. The van der Waals surface area contributed by atoms with Gasteiger partial charge in [0.25, 0.3) is 0 Å². The van der Waals surface area contributed by atoms with Gasteiger partial charge in [-0.25, -0.2) is 0 Å². The Balaban J connectivity index is 0.00000289. The number of nitrogens with two attached hydrogens (primary N) is 1. The largest absolute Gasteiger partial charge is 0.504 e. The average molecular weight is 286 g/mol. The maximum atomic E-state index is 12.2. The second-order valence-electron chi connectivity index (χ2n) is 3.59. The van der Waals surface area contributed by atoms with Crippen molar-refractivity contribution in [3.05, 3.63) is 23.8 Å². The molecule has 1 aromatic rings. The minimum atomic E-state index is -4.32. The van der Waals surface area contributed by atoms with Crippen LogP contribution in [0.15, 0.2) is 18.2 Å². The molecule has 7 heteroatoms. The van der Waals surface area contributed by atoms with E-state index in [-0.39, 0.29) is 29.5 Å². The minimum absolute atomic E-state index is 0. The Morgan fingerprint density at radius 2 is 2.00 bits per heavy atom. The Morgan fingerprint density at radius 3 is 2.50 bits per heavy atom. The number of alkyl halides is 3. The zero-order valence-electron chi connectivity index (χ0n) is 9.70. The summed E-state index contributed by atoms with van der Waals surface area (Å²) in [7, 11) is 0. The van der Waals surface area contributed by atoms with Crippen molar-refractivity contribution in [3.8, 4) is 11.5 Å². The van der Waals surface area contributed by atoms with Crippen LogP contribution in [0.1, 0.15) is 24.9 Å². The molecule has 0 amide bonds. The summed E-state index contributed by atoms with van der Waals surface area (Å²) in [5.41, 5.74) is 5.72. The number of hydrogen-bond donors (Lipinski definition) is 2. The van der Waals surface area contributed by atoms with Gasteiger partial charge in [0.1, 0.15) is 0 Å². The SMILES string of the molecule is CCOc1cc([C@H](N)CC(F)(F)F)ccc1O.Cl. The summed E-state index contributed by atoms with van der Waals surface area (Å²) in [6, 6.07) is 2.80.